The number of rotatable bonds is 4. The zero-order valence-corrected chi connectivity index (χ0v) is 11.9. The molecule has 0 saturated carbocycles. The van der Waals surface area contributed by atoms with E-state index in [-0.39, 0.29) is 18.7 Å². The Bertz CT molecular complexity index is 610. The van der Waals surface area contributed by atoms with Gasteiger partial charge in [-0.3, -0.25) is 4.79 Å². The normalized spacial score (nSPS) is 14.1. The van der Waals surface area contributed by atoms with Crippen LogP contribution < -0.4 is 14.8 Å². The second kappa shape index (κ2) is 5.54. The lowest BCUT2D eigenvalue weighted by atomic mass is 10.1. The van der Waals surface area contributed by atoms with Crippen LogP contribution in [0, 0.1) is 0 Å². The molecular formula is C15H15NO3S. The molecule has 0 bridgehead atoms. The predicted octanol–water partition coefficient (Wildman–Crippen LogP) is 2.90. The van der Waals surface area contributed by atoms with Crippen LogP contribution in [0.5, 0.6) is 11.5 Å². The molecule has 1 amide bonds. The number of hydrogen-bond acceptors (Lipinski definition) is 4. The molecule has 4 nitrogen and oxygen atoms in total. The van der Waals surface area contributed by atoms with Gasteiger partial charge in [0.1, 0.15) is 0 Å². The molecule has 20 heavy (non-hydrogen) atoms. The van der Waals surface area contributed by atoms with E-state index < -0.39 is 0 Å². The van der Waals surface area contributed by atoms with Gasteiger partial charge in [-0.25, -0.2) is 0 Å². The van der Waals surface area contributed by atoms with Crippen LogP contribution in [0.3, 0.4) is 0 Å². The summed E-state index contributed by atoms with van der Waals surface area (Å²) in [4.78, 5) is 12.0. The second-order valence-electron chi connectivity index (χ2n) is 4.71. The van der Waals surface area contributed by atoms with Crippen LogP contribution >= 0.6 is 11.3 Å². The Morgan fingerprint density at radius 2 is 2.20 bits per heavy atom. The van der Waals surface area contributed by atoms with Gasteiger partial charge in [-0.1, -0.05) is 6.07 Å². The smallest absolute Gasteiger partial charge is 0.231 e. The number of amides is 1. The fourth-order valence-corrected chi connectivity index (χ4v) is 2.81. The molecule has 0 fully saturated rings. The molecule has 5 heteroatoms. The van der Waals surface area contributed by atoms with Gasteiger partial charge in [-0.2, -0.15) is 11.3 Å². The van der Waals surface area contributed by atoms with Gasteiger partial charge in [0.15, 0.2) is 11.5 Å². The number of fused-ring (bicyclic) bond motifs is 1. The van der Waals surface area contributed by atoms with E-state index in [1.807, 2.05) is 41.9 Å². The molecule has 0 radical (unpaired) electrons. The van der Waals surface area contributed by atoms with E-state index >= 15 is 0 Å². The largest absolute Gasteiger partial charge is 0.454 e. The fourth-order valence-electron chi connectivity index (χ4n) is 2.14. The van der Waals surface area contributed by atoms with Crippen LogP contribution in [-0.4, -0.2) is 12.7 Å². The van der Waals surface area contributed by atoms with Crippen LogP contribution in [0.1, 0.15) is 24.1 Å². The van der Waals surface area contributed by atoms with Crippen molar-refractivity contribution in [2.75, 3.05) is 6.79 Å². The van der Waals surface area contributed by atoms with Gasteiger partial charge in [0, 0.05) is 0 Å². The van der Waals surface area contributed by atoms with Gasteiger partial charge in [-0.15, -0.1) is 0 Å². The van der Waals surface area contributed by atoms with Crippen LogP contribution in [0.25, 0.3) is 0 Å². The topological polar surface area (TPSA) is 47.6 Å². The lowest BCUT2D eigenvalue weighted by Gasteiger charge is -2.14. The fraction of sp³-hybridized carbons (Fsp3) is 0.267. The number of benzene rings is 1. The van der Waals surface area contributed by atoms with Gasteiger partial charge < -0.3 is 14.8 Å². The van der Waals surface area contributed by atoms with Crippen molar-refractivity contribution >= 4 is 17.2 Å². The molecule has 0 aliphatic carbocycles. The van der Waals surface area contributed by atoms with Gasteiger partial charge in [0.25, 0.3) is 0 Å². The van der Waals surface area contributed by atoms with E-state index in [4.69, 9.17) is 9.47 Å². The maximum absolute atomic E-state index is 12.0. The van der Waals surface area contributed by atoms with Crippen LogP contribution in [0.2, 0.25) is 0 Å². The van der Waals surface area contributed by atoms with Crippen molar-refractivity contribution in [3.05, 3.63) is 46.2 Å². The highest BCUT2D eigenvalue weighted by Gasteiger charge is 2.16. The summed E-state index contributed by atoms with van der Waals surface area (Å²) in [6.45, 7) is 2.22. The summed E-state index contributed by atoms with van der Waals surface area (Å²) < 4.78 is 10.6. The quantitative estimate of drug-likeness (QED) is 0.941. The van der Waals surface area contributed by atoms with Gasteiger partial charge in [0.2, 0.25) is 12.7 Å². The van der Waals surface area contributed by atoms with Gasteiger partial charge >= 0.3 is 0 Å². The molecule has 2 heterocycles. The lowest BCUT2D eigenvalue weighted by Crippen LogP contribution is -2.27. The summed E-state index contributed by atoms with van der Waals surface area (Å²) in [5.41, 5.74) is 2.05. The number of thiophene rings is 1. The second-order valence-corrected chi connectivity index (χ2v) is 5.49. The first-order valence-electron chi connectivity index (χ1n) is 6.42. The third kappa shape index (κ3) is 2.77. The molecule has 1 aromatic heterocycles. The number of ether oxygens (including phenoxy) is 2. The minimum atomic E-state index is -0.0596. The Morgan fingerprint density at radius 3 is 3.00 bits per heavy atom. The van der Waals surface area contributed by atoms with E-state index in [9.17, 15) is 4.79 Å². The molecule has 0 saturated heterocycles. The van der Waals surface area contributed by atoms with Crippen molar-refractivity contribution in [3.63, 3.8) is 0 Å². The van der Waals surface area contributed by atoms with Crippen molar-refractivity contribution in [3.8, 4) is 11.5 Å². The zero-order valence-electron chi connectivity index (χ0n) is 11.1. The molecule has 0 spiro atoms. The van der Waals surface area contributed by atoms with Crippen LogP contribution in [0.4, 0.5) is 0 Å². The predicted molar refractivity (Wildman–Crippen MR) is 77.1 cm³/mol. The van der Waals surface area contributed by atoms with Crippen molar-refractivity contribution in [1.82, 2.24) is 5.32 Å². The first-order chi connectivity index (χ1) is 9.72. The number of hydrogen-bond donors (Lipinski definition) is 1. The van der Waals surface area contributed by atoms with Crippen molar-refractivity contribution < 1.29 is 14.3 Å². The minimum absolute atomic E-state index is 0.0218. The molecule has 2 aromatic rings. The van der Waals surface area contributed by atoms with Crippen LogP contribution in [0.15, 0.2) is 35.0 Å². The summed E-state index contributed by atoms with van der Waals surface area (Å²) >= 11 is 1.60. The average Bonchev–Trinajstić information content (AvgIpc) is 3.07. The monoisotopic (exact) mass is 289 g/mol. The first kappa shape index (κ1) is 13.0. The van der Waals surface area contributed by atoms with E-state index in [1.165, 1.54) is 0 Å². The van der Waals surface area contributed by atoms with Gasteiger partial charge in [-0.05, 0) is 47.0 Å². The van der Waals surface area contributed by atoms with E-state index in [2.05, 4.69) is 5.32 Å². The highest BCUT2D eigenvalue weighted by molar-refractivity contribution is 7.07. The average molecular weight is 289 g/mol. The van der Waals surface area contributed by atoms with Crippen molar-refractivity contribution in [2.45, 2.75) is 19.4 Å². The molecule has 1 atom stereocenters. The Hall–Kier alpha value is -2.01. The third-order valence-corrected chi connectivity index (χ3v) is 3.95. The summed E-state index contributed by atoms with van der Waals surface area (Å²) in [7, 11) is 0. The molecule has 1 aliphatic heterocycles. The van der Waals surface area contributed by atoms with E-state index in [0.29, 0.717) is 6.42 Å². The van der Waals surface area contributed by atoms with Crippen molar-refractivity contribution in [2.24, 2.45) is 0 Å². The first-order valence-corrected chi connectivity index (χ1v) is 7.36. The maximum Gasteiger partial charge on any atom is 0.231 e. The standard InChI is InChI=1S/C15H15NO3S/c1-10(16-15(17)6-11-4-5-20-8-11)12-2-3-13-14(7-12)19-9-18-13/h2-5,7-8,10H,6,9H2,1H3,(H,16,17)/t10-/m1/s1. The molecule has 1 aliphatic rings. The SMILES string of the molecule is C[C@@H](NC(=O)Cc1ccsc1)c1ccc2c(c1)OCO2. The Kier molecular flexibility index (Phi) is 3.60. The van der Waals surface area contributed by atoms with Gasteiger partial charge in [0.05, 0.1) is 12.5 Å². The van der Waals surface area contributed by atoms with Crippen LogP contribution in [-0.2, 0) is 11.2 Å². The van der Waals surface area contributed by atoms with E-state index in [0.717, 1.165) is 22.6 Å². The molecule has 1 N–H and O–H groups in total. The summed E-state index contributed by atoms with van der Waals surface area (Å²) in [6.07, 6.45) is 0.415. The summed E-state index contributed by atoms with van der Waals surface area (Å²) in [6, 6.07) is 7.64. The zero-order chi connectivity index (χ0) is 13.9. The number of nitrogens with one attached hydrogen (secondary N) is 1. The number of carbonyl (C=O) groups excluding carboxylic acids is 1. The molecule has 104 valence electrons. The summed E-state index contributed by atoms with van der Waals surface area (Å²) in [5, 5.41) is 6.96. The Labute approximate surface area is 121 Å². The lowest BCUT2D eigenvalue weighted by molar-refractivity contribution is -0.121. The Balaban J connectivity index is 1.64. The molecule has 0 unspecified atom stereocenters. The number of carbonyl (C=O) groups is 1. The highest BCUT2D eigenvalue weighted by Crippen LogP contribution is 2.34. The Morgan fingerprint density at radius 1 is 1.35 bits per heavy atom. The third-order valence-electron chi connectivity index (χ3n) is 3.22. The molecular weight excluding hydrogens is 274 g/mol. The summed E-state index contributed by atoms with van der Waals surface area (Å²) in [5.74, 6) is 1.51. The minimum Gasteiger partial charge on any atom is -0.454 e. The molecule has 3 rings (SSSR count). The van der Waals surface area contributed by atoms with E-state index in [1.54, 1.807) is 11.3 Å². The highest BCUT2D eigenvalue weighted by atomic mass is 32.1. The molecule has 1 aromatic carbocycles. The van der Waals surface area contributed by atoms with Crippen molar-refractivity contribution in [1.29, 1.82) is 0 Å². The maximum atomic E-state index is 12.0.